The zero-order valence-corrected chi connectivity index (χ0v) is 19.5. The number of thiazole rings is 1. The Balaban J connectivity index is 1.53. The zero-order valence-electron chi connectivity index (χ0n) is 18.7. The molecule has 4 rings (SSSR count). The van der Waals surface area contributed by atoms with Gasteiger partial charge in [-0.15, -0.1) is 11.3 Å². The van der Waals surface area contributed by atoms with Crippen LogP contribution in [0.15, 0.2) is 40.8 Å². The summed E-state index contributed by atoms with van der Waals surface area (Å²) < 4.78 is 5.50. The minimum Gasteiger partial charge on any atom is -0.462 e. The molecule has 1 saturated heterocycles. The van der Waals surface area contributed by atoms with Crippen molar-refractivity contribution in [3.8, 4) is 21.8 Å². The molecule has 1 aliphatic rings. The van der Waals surface area contributed by atoms with Crippen LogP contribution >= 0.6 is 11.3 Å². The fourth-order valence-electron chi connectivity index (χ4n) is 3.82. The molecule has 0 aromatic carbocycles. The molecule has 1 fully saturated rings. The number of aromatic amines is 1. The van der Waals surface area contributed by atoms with Crippen LogP contribution in [0.5, 0.6) is 0 Å². The van der Waals surface area contributed by atoms with Gasteiger partial charge in [0.25, 0.3) is 5.56 Å². The molecular weight excluding hydrogens is 440 g/mol. The second-order valence-corrected chi connectivity index (χ2v) is 9.10. The maximum Gasteiger partial charge on any atom is 0.339 e. The number of aromatic nitrogens is 3. The van der Waals surface area contributed by atoms with E-state index in [9.17, 15) is 14.4 Å². The number of esters is 1. The minimum atomic E-state index is -0.492. The standard InChI is InChI=1S/C24H26N4O4S/c1-15(2)21-18(24(31)32-12-4-11-28-10-3-5-20(28)29)13-17(22(30)27-21)19-14-33-23(26-19)16-6-8-25-9-7-16/h6-9,13-15H,3-5,10-12H2,1-2H3,(H,27,30). The lowest BCUT2D eigenvalue weighted by Crippen LogP contribution is -2.27. The van der Waals surface area contributed by atoms with Gasteiger partial charge in [-0.05, 0) is 37.0 Å². The Morgan fingerprint density at radius 2 is 2.06 bits per heavy atom. The SMILES string of the molecule is CC(C)c1[nH]c(=O)c(-c2csc(-c3ccncc3)n2)cc1C(=O)OCCCN1CCCC1=O. The molecule has 0 saturated carbocycles. The summed E-state index contributed by atoms with van der Waals surface area (Å²) in [5.74, 6) is -0.407. The third kappa shape index (κ3) is 5.19. The molecule has 33 heavy (non-hydrogen) atoms. The zero-order chi connectivity index (χ0) is 23.4. The van der Waals surface area contributed by atoms with Crippen molar-refractivity contribution < 1.29 is 14.3 Å². The molecule has 3 aromatic rings. The van der Waals surface area contributed by atoms with Crippen LogP contribution in [0.4, 0.5) is 0 Å². The predicted octanol–water partition coefficient (Wildman–Crippen LogP) is 3.85. The highest BCUT2D eigenvalue weighted by Crippen LogP contribution is 2.28. The quantitative estimate of drug-likeness (QED) is 0.399. The van der Waals surface area contributed by atoms with Gasteiger partial charge >= 0.3 is 5.97 Å². The summed E-state index contributed by atoms with van der Waals surface area (Å²) in [5, 5.41) is 2.57. The van der Waals surface area contributed by atoms with Crippen molar-refractivity contribution in [1.82, 2.24) is 19.9 Å². The van der Waals surface area contributed by atoms with Crippen LogP contribution < -0.4 is 5.56 Å². The van der Waals surface area contributed by atoms with Gasteiger partial charge < -0.3 is 14.6 Å². The number of rotatable bonds is 8. The Kier molecular flexibility index (Phi) is 6.98. The summed E-state index contributed by atoms with van der Waals surface area (Å²) in [4.78, 5) is 50.7. The number of likely N-dealkylation sites (tertiary alicyclic amines) is 1. The molecule has 172 valence electrons. The Labute approximate surface area is 195 Å². The maximum absolute atomic E-state index is 12.9. The van der Waals surface area contributed by atoms with Gasteiger partial charge in [-0.3, -0.25) is 14.6 Å². The molecule has 1 aliphatic heterocycles. The van der Waals surface area contributed by atoms with Crippen LogP contribution in [-0.2, 0) is 9.53 Å². The molecule has 0 unspecified atom stereocenters. The van der Waals surface area contributed by atoms with Crippen LogP contribution in [0.1, 0.15) is 55.1 Å². The van der Waals surface area contributed by atoms with E-state index in [0.29, 0.717) is 41.9 Å². The van der Waals surface area contributed by atoms with Crippen molar-refractivity contribution in [2.24, 2.45) is 0 Å². The lowest BCUT2D eigenvalue weighted by Gasteiger charge is -2.16. The van der Waals surface area contributed by atoms with E-state index in [0.717, 1.165) is 23.5 Å². The molecule has 9 heteroatoms. The van der Waals surface area contributed by atoms with Gasteiger partial charge in [0.2, 0.25) is 5.91 Å². The van der Waals surface area contributed by atoms with E-state index in [1.54, 1.807) is 28.7 Å². The summed E-state index contributed by atoms with van der Waals surface area (Å²) in [6.07, 6.45) is 5.43. The third-order valence-electron chi connectivity index (χ3n) is 5.55. The number of pyridine rings is 2. The number of nitrogens with zero attached hydrogens (tertiary/aromatic N) is 3. The summed E-state index contributed by atoms with van der Waals surface area (Å²) in [6, 6.07) is 5.28. The van der Waals surface area contributed by atoms with Gasteiger partial charge in [0, 0.05) is 48.5 Å². The first-order valence-electron chi connectivity index (χ1n) is 11.0. The number of ether oxygens (including phenoxy) is 1. The van der Waals surface area contributed by atoms with Gasteiger partial charge in [-0.2, -0.15) is 0 Å². The molecule has 0 radical (unpaired) electrons. The first-order chi connectivity index (χ1) is 15.9. The van der Waals surface area contributed by atoms with E-state index in [-0.39, 0.29) is 24.0 Å². The Morgan fingerprint density at radius 1 is 1.27 bits per heavy atom. The van der Waals surface area contributed by atoms with Crippen molar-refractivity contribution in [1.29, 1.82) is 0 Å². The van der Waals surface area contributed by atoms with Crippen LogP contribution in [-0.4, -0.2) is 51.4 Å². The second-order valence-electron chi connectivity index (χ2n) is 8.24. The van der Waals surface area contributed by atoms with E-state index < -0.39 is 5.97 Å². The van der Waals surface area contributed by atoms with Crippen LogP contribution in [0.25, 0.3) is 21.8 Å². The highest BCUT2D eigenvalue weighted by atomic mass is 32.1. The average molecular weight is 467 g/mol. The van der Waals surface area contributed by atoms with E-state index in [1.165, 1.54) is 11.3 Å². The molecule has 0 atom stereocenters. The van der Waals surface area contributed by atoms with Gasteiger partial charge in [0.15, 0.2) is 0 Å². The summed E-state index contributed by atoms with van der Waals surface area (Å²) in [7, 11) is 0. The van der Waals surface area contributed by atoms with Gasteiger partial charge in [0.1, 0.15) is 5.01 Å². The second kappa shape index (κ2) is 10.1. The van der Waals surface area contributed by atoms with Gasteiger partial charge in [-0.25, -0.2) is 9.78 Å². The predicted molar refractivity (Wildman–Crippen MR) is 126 cm³/mol. The van der Waals surface area contributed by atoms with Crippen molar-refractivity contribution in [3.63, 3.8) is 0 Å². The number of hydrogen-bond donors (Lipinski definition) is 1. The molecule has 0 aliphatic carbocycles. The minimum absolute atomic E-state index is 0.0701. The molecule has 8 nitrogen and oxygen atoms in total. The summed E-state index contributed by atoms with van der Waals surface area (Å²) in [6.45, 7) is 5.37. The molecule has 0 bridgehead atoms. The average Bonchev–Trinajstić information content (AvgIpc) is 3.46. The summed E-state index contributed by atoms with van der Waals surface area (Å²) in [5.41, 5.74) is 2.31. The van der Waals surface area contributed by atoms with Crippen LogP contribution in [0.3, 0.4) is 0 Å². The first kappa shape index (κ1) is 22.8. The molecule has 4 heterocycles. The Morgan fingerprint density at radius 3 is 2.76 bits per heavy atom. The summed E-state index contributed by atoms with van der Waals surface area (Å²) >= 11 is 1.42. The van der Waals surface area contributed by atoms with Gasteiger partial charge in [0.05, 0.1) is 23.4 Å². The van der Waals surface area contributed by atoms with Crippen molar-refractivity contribution in [3.05, 3.63) is 57.6 Å². The number of H-pyrrole nitrogens is 1. The molecule has 3 aromatic heterocycles. The van der Waals surface area contributed by atoms with Crippen molar-refractivity contribution in [2.45, 2.75) is 39.0 Å². The highest BCUT2D eigenvalue weighted by molar-refractivity contribution is 7.13. The number of carbonyl (C=O) groups is 2. The van der Waals surface area contributed by atoms with Gasteiger partial charge in [-0.1, -0.05) is 13.8 Å². The highest BCUT2D eigenvalue weighted by Gasteiger charge is 2.22. The monoisotopic (exact) mass is 466 g/mol. The van der Waals surface area contributed by atoms with Crippen molar-refractivity contribution in [2.75, 3.05) is 19.7 Å². The Hall–Kier alpha value is -3.33. The normalized spacial score (nSPS) is 13.7. The van der Waals surface area contributed by atoms with E-state index in [1.807, 2.05) is 26.0 Å². The number of hydrogen-bond acceptors (Lipinski definition) is 7. The molecule has 1 N–H and O–H groups in total. The van der Waals surface area contributed by atoms with Crippen LogP contribution in [0.2, 0.25) is 0 Å². The molecular formula is C24H26N4O4S. The third-order valence-corrected chi connectivity index (χ3v) is 6.44. The van der Waals surface area contributed by atoms with E-state index >= 15 is 0 Å². The van der Waals surface area contributed by atoms with Crippen LogP contribution in [0, 0.1) is 0 Å². The topological polar surface area (TPSA) is 105 Å². The Bertz CT molecular complexity index is 1200. The van der Waals surface area contributed by atoms with Crippen molar-refractivity contribution >= 4 is 23.2 Å². The van der Waals surface area contributed by atoms with E-state index in [4.69, 9.17) is 4.74 Å². The number of nitrogens with one attached hydrogen (secondary N) is 1. The molecule has 0 spiro atoms. The fourth-order valence-corrected chi connectivity index (χ4v) is 4.65. The first-order valence-corrected chi connectivity index (χ1v) is 11.9. The largest absolute Gasteiger partial charge is 0.462 e. The number of carbonyl (C=O) groups excluding carboxylic acids is 2. The lowest BCUT2D eigenvalue weighted by atomic mass is 10.0. The lowest BCUT2D eigenvalue weighted by molar-refractivity contribution is -0.127. The molecule has 1 amide bonds. The van der Waals surface area contributed by atoms with E-state index in [2.05, 4.69) is 15.0 Å². The smallest absolute Gasteiger partial charge is 0.339 e. The number of amides is 1. The maximum atomic E-state index is 12.9. The fraction of sp³-hybridized carbons (Fsp3) is 0.375.